The van der Waals surface area contributed by atoms with Gasteiger partial charge in [-0.15, -0.1) is 0 Å². The molecule has 3 rings (SSSR count). The smallest absolute Gasteiger partial charge is 0.250 e. The molecule has 2 aromatic heterocycles. The Morgan fingerprint density at radius 3 is 2.33 bits per heavy atom. The topological polar surface area (TPSA) is 60.7 Å². The van der Waals surface area contributed by atoms with Gasteiger partial charge in [0.2, 0.25) is 0 Å². The Morgan fingerprint density at radius 2 is 1.71 bits per heavy atom. The molecule has 21 heavy (non-hydrogen) atoms. The Hall–Kier alpha value is -2.82. The van der Waals surface area contributed by atoms with E-state index < -0.39 is 0 Å². The number of hydrogen-bond donors (Lipinski definition) is 0. The van der Waals surface area contributed by atoms with E-state index in [0.717, 1.165) is 23.2 Å². The molecule has 5 nitrogen and oxygen atoms in total. The van der Waals surface area contributed by atoms with Gasteiger partial charge < -0.3 is 0 Å². The van der Waals surface area contributed by atoms with E-state index in [2.05, 4.69) is 15.1 Å². The number of aryl methyl sites for hydroxylation is 2. The van der Waals surface area contributed by atoms with Crippen molar-refractivity contribution < 1.29 is 4.79 Å². The molecule has 0 bridgehead atoms. The molecule has 104 valence electrons. The number of aldehydes is 1. The van der Waals surface area contributed by atoms with Gasteiger partial charge in [-0.05, 0) is 19.9 Å². The van der Waals surface area contributed by atoms with Crippen LogP contribution in [0.25, 0.3) is 17.2 Å². The minimum absolute atomic E-state index is 0.470. The van der Waals surface area contributed by atoms with Crippen LogP contribution in [-0.4, -0.2) is 26.0 Å². The van der Waals surface area contributed by atoms with Crippen LogP contribution in [-0.2, 0) is 0 Å². The Morgan fingerprint density at radius 1 is 1.05 bits per heavy atom. The first kappa shape index (κ1) is 13.2. The van der Waals surface area contributed by atoms with Crippen molar-refractivity contribution in [2.45, 2.75) is 13.8 Å². The van der Waals surface area contributed by atoms with Crippen LogP contribution < -0.4 is 0 Å². The monoisotopic (exact) mass is 278 g/mol. The number of hydrogen-bond acceptors (Lipinski definition) is 4. The van der Waals surface area contributed by atoms with Gasteiger partial charge in [-0.25, -0.2) is 14.6 Å². The second-order valence-electron chi connectivity index (χ2n) is 4.81. The third kappa shape index (κ3) is 2.58. The highest BCUT2D eigenvalue weighted by Gasteiger charge is 2.13. The molecular weight excluding hydrogens is 264 g/mol. The van der Waals surface area contributed by atoms with Crippen LogP contribution in [0, 0.1) is 13.8 Å². The molecule has 0 atom stereocenters. The van der Waals surface area contributed by atoms with Crippen molar-refractivity contribution in [3.8, 4) is 17.2 Å². The van der Waals surface area contributed by atoms with Crippen molar-refractivity contribution in [2.75, 3.05) is 0 Å². The standard InChI is InChI=1S/C16H14N4O/c1-11-8-12(2)18-16(17-11)20-9-14(10-21)15(19-20)13-6-4-3-5-7-13/h3-10H,1-2H3. The molecule has 0 aliphatic heterocycles. The first-order valence-electron chi connectivity index (χ1n) is 6.60. The lowest BCUT2D eigenvalue weighted by Gasteiger charge is -2.02. The maximum atomic E-state index is 11.3. The first-order chi connectivity index (χ1) is 10.2. The third-order valence-corrected chi connectivity index (χ3v) is 3.09. The molecule has 0 fully saturated rings. The van der Waals surface area contributed by atoms with Gasteiger partial charge in [0.05, 0.1) is 5.56 Å². The van der Waals surface area contributed by atoms with E-state index in [1.807, 2.05) is 50.2 Å². The summed E-state index contributed by atoms with van der Waals surface area (Å²) < 4.78 is 1.55. The van der Waals surface area contributed by atoms with Crippen molar-refractivity contribution in [2.24, 2.45) is 0 Å². The minimum atomic E-state index is 0.470. The highest BCUT2D eigenvalue weighted by molar-refractivity contribution is 5.85. The summed E-state index contributed by atoms with van der Waals surface area (Å²) in [6.07, 6.45) is 2.46. The van der Waals surface area contributed by atoms with Crippen LogP contribution in [0.3, 0.4) is 0 Å². The first-order valence-corrected chi connectivity index (χ1v) is 6.60. The third-order valence-electron chi connectivity index (χ3n) is 3.09. The number of rotatable bonds is 3. The summed E-state index contributed by atoms with van der Waals surface area (Å²) in [7, 11) is 0. The maximum absolute atomic E-state index is 11.3. The van der Waals surface area contributed by atoms with E-state index in [0.29, 0.717) is 17.2 Å². The second kappa shape index (κ2) is 5.28. The lowest BCUT2D eigenvalue weighted by molar-refractivity contribution is 0.112. The Kier molecular flexibility index (Phi) is 3.31. The largest absolute Gasteiger partial charge is 0.298 e. The Bertz CT molecular complexity index is 773. The lowest BCUT2D eigenvalue weighted by Crippen LogP contribution is -2.04. The fourth-order valence-corrected chi connectivity index (χ4v) is 2.21. The number of carbonyl (C=O) groups is 1. The summed E-state index contributed by atoms with van der Waals surface area (Å²) in [5.74, 6) is 0.470. The number of aromatic nitrogens is 4. The molecule has 0 radical (unpaired) electrons. The molecule has 0 N–H and O–H groups in total. The normalized spacial score (nSPS) is 10.6. The average Bonchev–Trinajstić information content (AvgIpc) is 2.91. The van der Waals surface area contributed by atoms with Gasteiger partial charge in [-0.1, -0.05) is 30.3 Å². The van der Waals surface area contributed by atoms with Gasteiger partial charge in [-0.2, -0.15) is 5.10 Å². The summed E-state index contributed by atoms with van der Waals surface area (Å²) in [5.41, 5.74) is 3.77. The SMILES string of the molecule is Cc1cc(C)nc(-n2cc(C=O)c(-c3ccccc3)n2)n1. The van der Waals surface area contributed by atoms with Crippen LogP contribution in [0.5, 0.6) is 0 Å². The van der Waals surface area contributed by atoms with Crippen LogP contribution >= 0.6 is 0 Å². The van der Waals surface area contributed by atoms with E-state index in [4.69, 9.17) is 0 Å². The fraction of sp³-hybridized carbons (Fsp3) is 0.125. The highest BCUT2D eigenvalue weighted by atomic mass is 16.1. The van der Waals surface area contributed by atoms with Crippen molar-refractivity contribution in [3.63, 3.8) is 0 Å². The summed E-state index contributed by atoms with van der Waals surface area (Å²) in [6, 6.07) is 11.5. The molecule has 1 aromatic carbocycles. The van der Waals surface area contributed by atoms with Gasteiger partial charge in [0.1, 0.15) is 5.69 Å². The van der Waals surface area contributed by atoms with Crippen LogP contribution in [0.15, 0.2) is 42.6 Å². The number of carbonyl (C=O) groups excluding carboxylic acids is 1. The van der Waals surface area contributed by atoms with E-state index in [1.54, 1.807) is 10.9 Å². The molecule has 3 aromatic rings. The Labute approximate surface area is 122 Å². The maximum Gasteiger partial charge on any atom is 0.250 e. The van der Waals surface area contributed by atoms with Crippen molar-refractivity contribution in [1.82, 2.24) is 19.7 Å². The number of nitrogens with zero attached hydrogens (tertiary/aromatic N) is 4. The van der Waals surface area contributed by atoms with Gasteiger partial charge in [0.15, 0.2) is 6.29 Å². The fourth-order valence-electron chi connectivity index (χ4n) is 2.21. The van der Waals surface area contributed by atoms with Crippen molar-refractivity contribution in [1.29, 1.82) is 0 Å². The van der Waals surface area contributed by atoms with Gasteiger partial charge in [-0.3, -0.25) is 4.79 Å². The van der Waals surface area contributed by atoms with E-state index in [9.17, 15) is 4.79 Å². The predicted molar refractivity (Wildman–Crippen MR) is 79.5 cm³/mol. The van der Waals surface area contributed by atoms with Crippen molar-refractivity contribution >= 4 is 6.29 Å². The zero-order chi connectivity index (χ0) is 14.8. The van der Waals surface area contributed by atoms with Crippen LogP contribution in [0.1, 0.15) is 21.7 Å². The molecule has 0 spiro atoms. The molecule has 0 saturated heterocycles. The van der Waals surface area contributed by atoms with Gasteiger partial charge in [0, 0.05) is 23.1 Å². The summed E-state index contributed by atoms with van der Waals surface area (Å²) in [5, 5.41) is 4.46. The highest BCUT2D eigenvalue weighted by Crippen LogP contribution is 2.21. The average molecular weight is 278 g/mol. The zero-order valence-corrected chi connectivity index (χ0v) is 11.8. The molecule has 5 heteroatoms. The van der Waals surface area contributed by atoms with Crippen molar-refractivity contribution in [3.05, 3.63) is 59.5 Å². The summed E-state index contributed by atoms with van der Waals surface area (Å²) >= 11 is 0. The molecule has 2 heterocycles. The molecule has 0 saturated carbocycles. The number of benzene rings is 1. The molecule has 0 unspecified atom stereocenters. The van der Waals surface area contributed by atoms with Crippen LogP contribution in [0.4, 0.5) is 0 Å². The summed E-state index contributed by atoms with van der Waals surface area (Å²) in [4.78, 5) is 20.0. The molecule has 0 aliphatic carbocycles. The molecule has 0 amide bonds. The van der Waals surface area contributed by atoms with Gasteiger partial charge in [0.25, 0.3) is 5.95 Å². The van der Waals surface area contributed by atoms with Gasteiger partial charge >= 0.3 is 0 Å². The van der Waals surface area contributed by atoms with E-state index >= 15 is 0 Å². The molecule has 0 aliphatic rings. The lowest BCUT2D eigenvalue weighted by atomic mass is 10.1. The Balaban J connectivity index is 2.13. The predicted octanol–water partition coefficient (Wildman–Crippen LogP) is 2.76. The zero-order valence-electron chi connectivity index (χ0n) is 11.8. The van der Waals surface area contributed by atoms with E-state index in [-0.39, 0.29) is 0 Å². The van der Waals surface area contributed by atoms with Crippen LogP contribution in [0.2, 0.25) is 0 Å². The summed E-state index contributed by atoms with van der Waals surface area (Å²) in [6.45, 7) is 3.81. The second-order valence-corrected chi connectivity index (χ2v) is 4.81. The molecular formula is C16H14N4O. The quantitative estimate of drug-likeness (QED) is 0.691. The van der Waals surface area contributed by atoms with E-state index in [1.165, 1.54) is 0 Å². The minimum Gasteiger partial charge on any atom is -0.298 e.